The number of hydrogen-bond acceptors (Lipinski definition) is 8. The second kappa shape index (κ2) is 9.55. The van der Waals surface area contributed by atoms with Crippen molar-refractivity contribution in [2.75, 3.05) is 25.6 Å². The van der Waals surface area contributed by atoms with Gasteiger partial charge in [0.15, 0.2) is 0 Å². The lowest BCUT2D eigenvalue weighted by Gasteiger charge is -2.09. The van der Waals surface area contributed by atoms with Crippen LogP contribution in [0.25, 0.3) is 10.2 Å². The van der Waals surface area contributed by atoms with Crippen LogP contribution in [0.1, 0.15) is 15.2 Å². The second-order valence-corrected chi connectivity index (χ2v) is 7.65. The van der Waals surface area contributed by atoms with Gasteiger partial charge >= 0.3 is 5.97 Å². The number of methoxy groups -OCH3 is 1. The Bertz CT molecular complexity index is 1180. The molecule has 0 unspecified atom stereocenters. The van der Waals surface area contributed by atoms with Crippen molar-refractivity contribution in [3.63, 3.8) is 0 Å². The number of hydrogen-bond donors (Lipinski definition) is 1. The maximum Gasteiger partial charge on any atom is 0.348 e. The molecule has 0 spiro atoms. The minimum atomic E-state index is -0.383. The molecule has 0 amide bonds. The first kappa shape index (κ1) is 20.8. The average molecular weight is 436 g/mol. The number of nitrogens with one attached hydrogen (secondary N) is 1. The van der Waals surface area contributed by atoms with Crippen molar-refractivity contribution in [1.29, 1.82) is 0 Å². The Labute approximate surface area is 183 Å². The zero-order valence-corrected chi connectivity index (χ0v) is 17.9. The van der Waals surface area contributed by atoms with E-state index in [9.17, 15) is 4.79 Å². The number of fused-ring (bicyclic) bond motifs is 1. The summed E-state index contributed by atoms with van der Waals surface area (Å²) in [6, 6.07) is 17.2. The third-order valence-electron chi connectivity index (χ3n) is 4.53. The number of thiophene rings is 1. The van der Waals surface area contributed by atoms with E-state index >= 15 is 0 Å². The first-order valence-corrected chi connectivity index (χ1v) is 10.5. The fourth-order valence-electron chi connectivity index (χ4n) is 3.01. The number of para-hydroxylation sites is 1. The van der Waals surface area contributed by atoms with Gasteiger partial charge in [-0.3, -0.25) is 0 Å². The molecule has 2 aromatic carbocycles. The Hall–Kier alpha value is -3.49. The van der Waals surface area contributed by atoms with E-state index in [1.54, 1.807) is 7.11 Å². The largest absolute Gasteiger partial charge is 0.459 e. The highest BCUT2D eigenvalue weighted by atomic mass is 32.1. The van der Waals surface area contributed by atoms with Crippen LogP contribution in [0, 0.1) is 6.92 Å². The highest BCUT2D eigenvalue weighted by Crippen LogP contribution is 2.35. The molecule has 0 bridgehead atoms. The van der Waals surface area contributed by atoms with E-state index in [4.69, 9.17) is 14.2 Å². The highest BCUT2D eigenvalue weighted by Gasteiger charge is 2.20. The summed E-state index contributed by atoms with van der Waals surface area (Å²) in [6.07, 6.45) is 1.48. The van der Waals surface area contributed by atoms with Crippen LogP contribution in [0.2, 0.25) is 0 Å². The Morgan fingerprint density at radius 1 is 1.00 bits per heavy atom. The number of nitrogens with zero attached hydrogens (tertiary/aromatic N) is 2. The number of aromatic nitrogens is 2. The van der Waals surface area contributed by atoms with E-state index in [-0.39, 0.29) is 12.6 Å². The lowest BCUT2D eigenvalue weighted by molar-refractivity contribution is 0.0393. The van der Waals surface area contributed by atoms with E-state index in [1.807, 2.05) is 61.5 Å². The van der Waals surface area contributed by atoms with Gasteiger partial charge in [0.1, 0.15) is 40.0 Å². The van der Waals surface area contributed by atoms with E-state index in [1.165, 1.54) is 17.7 Å². The Morgan fingerprint density at radius 2 is 1.74 bits per heavy atom. The Kier molecular flexibility index (Phi) is 6.40. The van der Waals surface area contributed by atoms with Gasteiger partial charge in [0, 0.05) is 12.8 Å². The minimum Gasteiger partial charge on any atom is -0.459 e. The molecule has 7 nitrogen and oxygen atoms in total. The molecule has 1 N–H and O–H groups in total. The lowest BCUT2D eigenvalue weighted by Crippen LogP contribution is -2.09. The number of carbonyl (C=O) groups excluding carboxylic acids is 1. The second-order valence-electron chi connectivity index (χ2n) is 6.65. The summed E-state index contributed by atoms with van der Waals surface area (Å²) in [4.78, 5) is 22.4. The molecule has 0 aliphatic heterocycles. The molecular formula is C23H21N3O4S. The topological polar surface area (TPSA) is 82.6 Å². The van der Waals surface area contributed by atoms with E-state index < -0.39 is 0 Å². The third-order valence-corrected chi connectivity index (χ3v) is 5.71. The van der Waals surface area contributed by atoms with E-state index in [0.29, 0.717) is 17.3 Å². The lowest BCUT2D eigenvalue weighted by atomic mass is 10.2. The van der Waals surface area contributed by atoms with Crippen molar-refractivity contribution in [1.82, 2.24) is 9.97 Å². The Morgan fingerprint density at radius 3 is 2.48 bits per heavy atom. The van der Waals surface area contributed by atoms with Gasteiger partial charge in [0.25, 0.3) is 0 Å². The van der Waals surface area contributed by atoms with Crippen LogP contribution < -0.4 is 10.1 Å². The summed E-state index contributed by atoms with van der Waals surface area (Å²) in [5.74, 6) is 1.76. The molecular weight excluding hydrogens is 414 g/mol. The standard InChI is InChI=1S/C23H21N3O4S/c1-15-19-21(24-14-25-22(19)31-20(15)23(27)29-13-12-28-2)26-16-8-10-18(11-9-16)30-17-6-4-3-5-7-17/h3-11,14H,12-13H2,1-2H3,(H,24,25,26). The molecule has 2 heterocycles. The first-order valence-electron chi connectivity index (χ1n) is 9.66. The molecule has 0 aliphatic carbocycles. The molecule has 0 saturated heterocycles. The molecule has 0 aliphatic rings. The summed E-state index contributed by atoms with van der Waals surface area (Å²) in [5.41, 5.74) is 1.63. The molecule has 0 fully saturated rings. The van der Waals surface area contributed by atoms with E-state index in [0.717, 1.165) is 33.0 Å². The quantitative estimate of drug-likeness (QED) is 0.295. The molecule has 8 heteroatoms. The summed E-state index contributed by atoms with van der Waals surface area (Å²) >= 11 is 1.29. The summed E-state index contributed by atoms with van der Waals surface area (Å²) in [7, 11) is 1.56. The smallest absolute Gasteiger partial charge is 0.348 e. The van der Waals surface area contributed by atoms with Gasteiger partial charge in [-0.05, 0) is 48.9 Å². The van der Waals surface area contributed by atoms with Gasteiger partial charge in [-0.25, -0.2) is 14.8 Å². The Balaban J connectivity index is 1.53. The van der Waals surface area contributed by atoms with Gasteiger partial charge in [-0.1, -0.05) is 18.2 Å². The number of ether oxygens (including phenoxy) is 3. The summed E-state index contributed by atoms with van der Waals surface area (Å²) in [5, 5.41) is 4.11. The van der Waals surface area contributed by atoms with Crippen LogP contribution in [0.15, 0.2) is 60.9 Å². The molecule has 158 valence electrons. The van der Waals surface area contributed by atoms with Crippen LogP contribution >= 0.6 is 11.3 Å². The van der Waals surface area contributed by atoms with Gasteiger partial charge in [0.05, 0.1) is 12.0 Å². The molecule has 31 heavy (non-hydrogen) atoms. The number of anilines is 2. The number of aryl methyl sites for hydroxylation is 1. The zero-order chi connectivity index (χ0) is 21.6. The maximum absolute atomic E-state index is 12.4. The fourth-order valence-corrected chi connectivity index (χ4v) is 4.05. The van der Waals surface area contributed by atoms with Crippen LogP contribution in [-0.4, -0.2) is 36.3 Å². The molecule has 0 atom stereocenters. The number of rotatable bonds is 8. The van der Waals surface area contributed by atoms with Crippen LogP contribution in [0.4, 0.5) is 11.5 Å². The monoisotopic (exact) mass is 435 g/mol. The van der Waals surface area contributed by atoms with Crippen molar-refractivity contribution in [2.24, 2.45) is 0 Å². The van der Waals surface area contributed by atoms with Crippen molar-refractivity contribution < 1.29 is 19.0 Å². The zero-order valence-electron chi connectivity index (χ0n) is 17.1. The SMILES string of the molecule is COCCOC(=O)c1sc2ncnc(Nc3ccc(Oc4ccccc4)cc3)c2c1C. The maximum atomic E-state index is 12.4. The van der Waals surface area contributed by atoms with Crippen molar-refractivity contribution in [2.45, 2.75) is 6.92 Å². The number of carbonyl (C=O) groups is 1. The summed E-state index contributed by atoms with van der Waals surface area (Å²) < 4.78 is 16.0. The van der Waals surface area contributed by atoms with Crippen molar-refractivity contribution in [3.8, 4) is 11.5 Å². The predicted octanol–water partition coefficient (Wildman–Crippen LogP) is 5.34. The molecule has 4 aromatic rings. The average Bonchev–Trinajstić information content (AvgIpc) is 3.13. The third kappa shape index (κ3) is 4.82. The van der Waals surface area contributed by atoms with Crippen molar-refractivity contribution >= 4 is 39.0 Å². The van der Waals surface area contributed by atoms with Gasteiger partial charge < -0.3 is 19.5 Å². The fraction of sp³-hybridized carbons (Fsp3) is 0.174. The first-order chi connectivity index (χ1) is 15.2. The van der Waals surface area contributed by atoms with E-state index in [2.05, 4.69) is 15.3 Å². The normalized spacial score (nSPS) is 10.8. The molecule has 0 radical (unpaired) electrons. The summed E-state index contributed by atoms with van der Waals surface area (Å²) in [6.45, 7) is 2.43. The van der Waals surface area contributed by atoms with Gasteiger partial charge in [-0.2, -0.15) is 0 Å². The van der Waals surface area contributed by atoms with Gasteiger partial charge in [0.2, 0.25) is 0 Å². The predicted molar refractivity (Wildman–Crippen MR) is 121 cm³/mol. The van der Waals surface area contributed by atoms with Crippen molar-refractivity contribution in [3.05, 3.63) is 71.4 Å². The highest BCUT2D eigenvalue weighted by molar-refractivity contribution is 7.20. The number of benzene rings is 2. The number of esters is 1. The molecule has 4 rings (SSSR count). The van der Waals surface area contributed by atoms with Crippen LogP contribution in [-0.2, 0) is 9.47 Å². The molecule has 0 saturated carbocycles. The van der Waals surface area contributed by atoms with Gasteiger partial charge in [-0.15, -0.1) is 11.3 Å². The minimum absolute atomic E-state index is 0.206. The van der Waals surface area contributed by atoms with Crippen LogP contribution in [0.3, 0.4) is 0 Å². The van der Waals surface area contributed by atoms with Crippen LogP contribution in [0.5, 0.6) is 11.5 Å². The molecule has 2 aromatic heterocycles.